The summed E-state index contributed by atoms with van der Waals surface area (Å²) in [4.78, 5) is 10.3. The quantitative estimate of drug-likeness (QED) is 0.447. The maximum absolute atomic E-state index is 10.5. The van der Waals surface area contributed by atoms with Crippen molar-refractivity contribution in [1.82, 2.24) is 0 Å². The molecule has 0 rings (SSSR count). The normalized spacial score (nSPS) is 16.9. The average molecular weight is 193 g/mol. The first-order valence-corrected chi connectivity index (χ1v) is 5.70. The Morgan fingerprint density at radius 2 is 2.22 bits per heavy atom. The number of hydrogen-bond acceptors (Lipinski definition) is 4. The minimum absolute atomic E-state index is 0.0282. The fraction of sp³-hybridized carbons (Fsp3) is 0.750. The summed E-state index contributed by atoms with van der Waals surface area (Å²) in [7, 11) is 0. The Morgan fingerprint density at radius 3 is 2.33 bits per heavy atom. The summed E-state index contributed by atoms with van der Waals surface area (Å²) in [6.45, 7) is 1.78. The third kappa shape index (κ3) is 2.96. The molecule has 2 atom stereocenters. The topological polar surface area (TPSA) is 95.1 Å². The second kappa shape index (κ2) is 4.01. The number of rotatable bonds is 3. The van der Waals surface area contributed by atoms with Gasteiger partial charge in [-0.1, -0.05) is 0 Å². The molecular formula is C4H12AsN3O. The van der Waals surface area contributed by atoms with E-state index in [1.54, 1.807) is 0 Å². The van der Waals surface area contributed by atoms with Gasteiger partial charge in [-0.25, -0.2) is 0 Å². The molecule has 6 N–H and O–H groups in total. The van der Waals surface area contributed by atoms with Crippen molar-refractivity contribution in [1.29, 1.82) is 0 Å². The molecule has 0 amide bonds. The summed E-state index contributed by atoms with van der Waals surface area (Å²) >= 11 is -1.92. The van der Waals surface area contributed by atoms with Crippen molar-refractivity contribution in [2.75, 3.05) is 6.54 Å². The molecule has 0 saturated carbocycles. The van der Waals surface area contributed by atoms with Crippen molar-refractivity contribution in [2.24, 2.45) is 16.1 Å². The summed E-state index contributed by atoms with van der Waals surface area (Å²) in [5.41, 5.74) is 10.6. The molecule has 0 saturated heterocycles. The van der Waals surface area contributed by atoms with E-state index >= 15 is 0 Å². The molecule has 5 heteroatoms. The zero-order valence-electron chi connectivity index (χ0n) is 5.37. The van der Waals surface area contributed by atoms with Gasteiger partial charge in [0, 0.05) is 0 Å². The summed E-state index contributed by atoms with van der Waals surface area (Å²) in [6, 6.07) is 0. The molecule has 9 heavy (non-hydrogen) atoms. The Bertz CT molecular complexity index is 108. The van der Waals surface area contributed by atoms with E-state index in [9.17, 15) is 4.79 Å². The molecule has 2 unspecified atom stereocenters. The van der Waals surface area contributed by atoms with E-state index < -0.39 is 14.9 Å². The van der Waals surface area contributed by atoms with Crippen LogP contribution in [0.15, 0.2) is 0 Å². The van der Waals surface area contributed by atoms with Crippen LogP contribution >= 0.6 is 0 Å². The van der Waals surface area contributed by atoms with Crippen LogP contribution in [-0.2, 0) is 4.79 Å². The van der Waals surface area contributed by atoms with Crippen molar-refractivity contribution in [3.8, 4) is 0 Å². The van der Waals surface area contributed by atoms with Gasteiger partial charge in [0.15, 0.2) is 0 Å². The molecular weight excluding hydrogens is 181 g/mol. The van der Waals surface area contributed by atoms with Crippen LogP contribution in [0.5, 0.6) is 0 Å². The van der Waals surface area contributed by atoms with Crippen LogP contribution in [-0.4, -0.2) is 30.8 Å². The van der Waals surface area contributed by atoms with Gasteiger partial charge in [0.25, 0.3) is 0 Å². The summed E-state index contributed by atoms with van der Waals surface area (Å²) in [6.07, 6.45) is 0. The van der Waals surface area contributed by atoms with Crippen LogP contribution < -0.4 is 16.1 Å². The average Bonchev–Trinajstić information content (AvgIpc) is 1.84. The SMILES string of the molecule is CC(=O)[As](N)C(N)CN. The molecule has 0 aromatic heterocycles. The van der Waals surface area contributed by atoms with Gasteiger partial charge >= 0.3 is 58.7 Å². The van der Waals surface area contributed by atoms with Crippen molar-refractivity contribution >= 4 is 19.4 Å². The van der Waals surface area contributed by atoms with Crippen LogP contribution in [0.2, 0.25) is 0 Å². The Morgan fingerprint density at radius 1 is 1.78 bits per heavy atom. The molecule has 0 aliphatic heterocycles. The van der Waals surface area contributed by atoms with E-state index in [1.807, 2.05) is 0 Å². The second-order valence-electron chi connectivity index (χ2n) is 1.73. The third-order valence-corrected chi connectivity index (χ3v) is 4.43. The fourth-order valence-corrected chi connectivity index (χ4v) is 1.80. The van der Waals surface area contributed by atoms with Gasteiger partial charge in [-0.2, -0.15) is 0 Å². The van der Waals surface area contributed by atoms with Crippen molar-refractivity contribution < 1.29 is 4.79 Å². The van der Waals surface area contributed by atoms with Crippen LogP contribution in [0.3, 0.4) is 0 Å². The third-order valence-electron chi connectivity index (χ3n) is 0.962. The molecule has 0 bridgehead atoms. The van der Waals surface area contributed by atoms with Crippen molar-refractivity contribution in [3.63, 3.8) is 0 Å². The Kier molecular flexibility index (Phi) is 4.06. The molecule has 0 aromatic rings. The summed E-state index contributed by atoms with van der Waals surface area (Å²) < 4.78 is 5.49. The first kappa shape index (κ1) is 9.11. The number of carbonyl (C=O) groups excluding carboxylic acids is 1. The summed E-state index contributed by atoms with van der Waals surface area (Å²) in [5, 5.41) is 0. The molecule has 0 radical (unpaired) electrons. The van der Waals surface area contributed by atoms with Gasteiger partial charge < -0.3 is 0 Å². The van der Waals surface area contributed by atoms with Crippen LogP contribution in [0.4, 0.5) is 0 Å². The van der Waals surface area contributed by atoms with E-state index in [-0.39, 0.29) is 9.40 Å². The second-order valence-corrected chi connectivity index (χ2v) is 6.15. The fourth-order valence-electron chi connectivity index (χ4n) is 0.347. The van der Waals surface area contributed by atoms with Crippen molar-refractivity contribution in [3.05, 3.63) is 0 Å². The molecule has 0 aliphatic rings. The standard InChI is InChI=1S/C4H12AsN3O/c1-3(9)5(8)4(7)2-6/h4H,2,6-8H2,1H3. The molecule has 0 aromatic carbocycles. The minimum atomic E-state index is -1.92. The predicted octanol–water partition coefficient (Wildman–Crippen LogP) is -2.11. The van der Waals surface area contributed by atoms with E-state index in [0.29, 0.717) is 6.54 Å². The van der Waals surface area contributed by atoms with E-state index in [1.165, 1.54) is 6.92 Å². The summed E-state index contributed by atoms with van der Waals surface area (Å²) in [5.74, 6) is 0. The predicted molar refractivity (Wildman–Crippen MR) is 37.7 cm³/mol. The first-order chi connectivity index (χ1) is 4.09. The van der Waals surface area contributed by atoms with Crippen LogP contribution in [0.25, 0.3) is 0 Å². The molecule has 0 fully saturated rings. The van der Waals surface area contributed by atoms with Gasteiger partial charge in [0.05, 0.1) is 0 Å². The number of hydrogen-bond donors (Lipinski definition) is 3. The molecule has 4 nitrogen and oxygen atoms in total. The van der Waals surface area contributed by atoms with E-state index in [4.69, 9.17) is 16.1 Å². The van der Waals surface area contributed by atoms with Crippen LogP contribution in [0, 0.1) is 0 Å². The zero-order valence-corrected chi connectivity index (χ0v) is 7.25. The first-order valence-electron chi connectivity index (χ1n) is 2.59. The molecule has 54 valence electrons. The Labute approximate surface area is 59.2 Å². The monoisotopic (exact) mass is 193 g/mol. The van der Waals surface area contributed by atoms with E-state index in [2.05, 4.69) is 0 Å². The van der Waals surface area contributed by atoms with Gasteiger partial charge in [0.2, 0.25) is 0 Å². The van der Waals surface area contributed by atoms with Crippen molar-refractivity contribution in [2.45, 2.75) is 11.8 Å². The molecule has 0 aliphatic carbocycles. The molecule has 0 spiro atoms. The van der Waals surface area contributed by atoms with Gasteiger partial charge in [0.1, 0.15) is 0 Å². The van der Waals surface area contributed by atoms with E-state index in [0.717, 1.165) is 0 Å². The van der Waals surface area contributed by atoms with Gasteiger partial charge in [-0.05, 0) is 0 Å². The zero-order chi connectivity index (χ0) is 7.44. The maximum atomic E-state index is 10.5. The molecule has 0 heterocycles. The van der Waals surface area contributed by atoms with Gasteiger partial charge in [-0.15, -0.1) is 0 Å². The number of carbonyl (C=O) groups is 1. The van der Waals surface area contributed by atoms with Gasteiger partial charge in [-0.3, -0.25) is 0 Å². The number of nitrogens with two attached hydrogens (primary N) is 3. The Hall–Kier alpha value is 0.108. The van der Waals surface area contributed by atoms with Crippen LogP contribution in [0.1, 0.15) is 6.92 Å². The Balaban J connectivity index is 3.72.